The van der Waals surface area contributed by atoms with Crippen LogP contribution < -0.4 is 16.8 Å². The zero-order valence-electron chi connectivity index (χ0n) is 10.4. The van der Waals surface area contributed by atoms with Gasteiger partial charge in [0.1, 0.15) is 11.6 Å². The Bertz CT molecular complexity index is 570. The van der Waals surface area contributed by atoms with Crippen molar-refractivity contribution >= 4 is 39.3 Å². The minimum Gasteiger partial charge on any atom is -0.383 e. The Morgan fingerprint density at radius 1 is 1.21 bits per heavy atom. The molecule has 0 saturated carbocycles. The van der Waals surface area contributed by atoms with Crippen LogP contribution >= 0.6 is 27.7 Å². The molecule has 1 aromatic carbocycles. The van der Waals surface area contributed by atoms with Gasteiger partial charge < -0.3 is 16.8 Å². The zero-order valence-corrected chi connectivity index (χ0v) is 12.8. The third-order valence-corrected chi connectivity index (χ3v) is 3.94. The van der Waals surface area contributed by atoms with Crippen LogP contribution in [-0.2, 0) is 6.54 Å². The number of benzene rings is 1. The van der Waals surface area contributed by atoms with E-state index in [1.807, 2.05) is 19.2 Å². The number of rotatable bonds is 4. The molecule has 0 bridgehead atoms. The van der Waals surface area contributed by atoms with Crippen LogP contribution in [0, 0.1) is 0 Å². The normalized spacial score (nSPS) is 10.6. The van der Waals surface area contributed by atoms with Crippen LogP contribution in [0.25, 0.3) is 0 Å². The van der Waals surface area contributed by atoms with Crippen LogP contribution in [0.15, 0.2) is 38.8 Å². The summed E-state index contributed by atoms with van der Waals surface area (Å²) in [7, 11) is 1.92. The van der Waals surface area contributed by atoms with E-state index in [1.54, 1.807) is 0 Å². The summed E-state index contributed by atoms with van der Waals surface area (Å²) >= 11 is 4.97. The third kappa shape index (κ3) is 3.82. The molecule has 0 unspecified atom stereocenters. The summed E-state index contributed by atoms with van der Waals surface area (Å²) in [6.07, 6.45) is 0. The largest absolute Gasteiger partial charge is 0.383 e. The minimum absolute atomic E-state index is 0.376. The van der Waals surface area contributed by atoms with Crippen LogP contribution in [-0.4, -0.2) is 17.0 Å². The van der Waals surface area contributed by atoms with Gasteiger partial charge in [0.05, 0.1) is 0 Å². The van der Waals surface area contributed by atoms with Crippen molar-refractivity contribution in [2.45, 2.75) is 16.6 Å². The molecule has 0 atom stereocenters. The summed E-state index contributed by atoms with van der Waals surface area (Å²) in [4.78, 5) is 9.30. The Morgan fingerprint density at radius 3 is 2.47 bits per heavy atom. The van der Waals surface area contributed by atoms with Crippen molar-refractivity contribution in [1.82, 2.24) is 15.3 Å². The molecule has 0 aliphatic heterocycles. The highest BCUT2D eigenvalue weighted by Gasteiger charge is 2.06. The fourth-order valence-corrected chi connectivity index (χ4v) is 3.03. The lowest BCUT2D eigenvalue weighted by molar-refractivity contribution is 0.813. The molecule has 100 valence electrons. The Morgan fingerprint density at radius 2 is 1.89 bits per heavy atom. The van der Waals surface area contributed by atoms with E-state index < -0.39 is 0 Å². The number of hydrogen-bond donors (Lipinski definition) is 3. The van der Waals surface area contributed by atoms with Crippen molar-refractivity contribution in [2.24, 2.45) is 0 Å². The maximum absolute atomic E-state index is 5.64. The number of nitrogen functional groups attached to an aromatic ring is 2. The first-order valence-corrected chi connectivity index (χ1v) is 7.20. The molecule has 2 aromatic rings. The maximum Gasteiger partial charge on any atom is 0.196 e. The number of halogens is 1. The van der Waals surface area contributed by atoms with Gasteiger partial charge in [0.2, 0.25) is 0 Å². The van der Waals surface area contributed by atoms with Gasteiger partial charge >= 0.3 is 0 Å². The number of aromatic nitrogens is 2. The molecule has 7 heteroatoms. The zero-order chi connectivity index (χ0) is 13.8. The molecule has 0 spiro atoms. The van der Waals surface area contributed by atoms with E-state index in [1.165, 1.54) is 23.4 Å². The van der Waals surface area contributed by atoms with Crippen LogP contribution in [0.2, 0.25) is 0 Å². The number of nitrogens with zero attached hydrogens (tertiary/aromatic N) is 2. The average Bonchev–Trinajstić information content (AvgIpc) is 2.31. The molecule has 19 heavy (non-hydrogen) atoms. The molecule has 1 heterocycles. The summed E-state index contributed by atoms with van der Waals surface area (Å²) in [5.74, 6) is 0.752. The van der Waals surface area contributed by atoms with E-state index in [2.05, 4.69) is 37.3 Å². The smallest absolute Gasteiger partial charge is 0.196 e. The summed E-state index contributed by atoms with van der Waals surface area (Å²) in [6.45, 7) is 0.813. The van der Waals surface area contributed by atoms with E-state index in [-0.39, 0.29) is 0 Å². The Kier molecular flexibility index (Phi) is 4.62. The predicted octanol–water partition coefficient (Wildman–Crippen LogP) is 2.27. The van der Waals surface area contributed by atoms with Crippen LogP contribution in [0.4, 0.5) is 11.6 Å². The highest BCUT2D eigenvalue weighted by molar-refractivity contribution is 9.10. The SMILES string of the molecule is CNCc1ccc(Sc2nc(N)cc(N)n2)cc1Br. The van der Waals surface area contributed by atoms with Crippen molar-refractivity contribution in [3.8, 4) is 0 Å². The molecule has 2 rings (SSSR count). The first-order chi connectivity index (χ1) is 9.08. The maximum atomic E-state index is 5.64. The number of anilines is 2. The fraction of sp³-hybridized carbons (Fsp3) is 0.167. The molecule has 0 aliphatic rings. The van der Waals surface area contributed by atoms with Gasteiger partial charge in [0.15, 0.2) is 5.16 Å². The van der Waals surface area contributed by atoms with Crippen molar-refractivity contribution in [3.05, 3.63) is 34.3 Å². The predicted molar refractivity (Wildman–Crippen MR) is 81.9 cm³/mol. The average molecular weight is 340 g/mol. The lowest BCUT2D eigenvalue weighted by Crippen LogP contribution is -2.05. The van der Waals surface area contributed by atoms with Crippen LogP contribution in [0.5, 0.6) is 0 Å². The van der Waals surface area contributed by atoms with E-state index in [4.69, 9.17) is 11.5 Å². The number of nitrogens with one attached hydrogen (secondary N) is 1. The summed E-state index contributed by atoms with van der Waals surface area (Å²) in [6, 6.07) is 7.64. The highest BCUT2D eigenvalue weighted by atomic mass is 79.9. The summed E-state index contributed by atoms with van der Waals surface area (Å²) in [5.41, 5.74) is 12.5. The standard InChI is InChI=1S/C12H14BrN5S/c1-16-6-7-2-3-8(4-9(7)13)19-12-17-10(14)5-11(15)18-12/h2-5,16H,6H2,1H3,(H4,14,15,17,18). The highest BCUT2D eigenvalue weighted by Crippen LogP contribution is 2.29. The van der Waals surface area contributed by atoms with Crippen molar-refractivity contribution in [1.29, 1.82) is 0 Å². The topological polar surface area (TPSA) is 89.8 Å². The van der Waals surface area contributed by atoms with E-state index in [0.29, 0.717) is 16.8 Å². The third-order valence-electron chi connectivity index (χ3n) is 2.35. The molecule has 1 aromatic heterocycles. The molecule has 0 saturated heterocycles. The molecule has 0 amide bonds. The molecular weight excluding hydrogens is 326 g/mol. The molecule has 0 radical (unpaired) electrons. The van der Waals surface area contributed by atoms with E-state index >= 15 is 0 Å². The van der Waals surface area contributed by atoms with Gasteiger partial charge in [-0.1, -0.05) is 22.0 Å². The van der Waals surface area contributed by atoms with E-state index in [0.717, 1.165) is 15.9 Å². The molecule has 5 N–H and O–H groups in total. The lowest BCUT2D eigenvalue weighted by atomic mass is 10.2. The number of nitrogens with two attached hydrogens (primary N) is 2. The number of hydrogen-bond acceptors (Lipinski definition) is 6. The second kappa shape index (κ2) is 6.23. The first-order valence-electron chi connectivity index (χ1n) is 5.59. The molecule has 0 aliphatic carbocycles. The van der Waals surface area contributed by atoms with Crippen LogP contribution in [0.1, 0.15) is 5.56 Å². The molecular formula is C12H14BrN5S. The van der Waals surface area contributed by atoms with Gasteiger partial charge in [0, 0.05) is 22.0 Å². The Balaban J connectivity index is 2.21. The second-order valence-electron chi connectivity index (χ2n) is 3.89. The lowest BCUT2D eigenvalue weighted by Gasteiger charge is -2.07. The van der Waals surface area contributed by atoms with Crippen LogP contribution in [0.3, 0.4) is 0 Å². The fourth-order valence-electron chi connectivity index (χ4n) is 1.54. The van der Waals surface area contributed by atoms with Crippen molar-refractivity contribution in [3.63, 3.8) is 0 Å². The van der Waals surface area contributed by atoms with E-state index in [9.17, 15) is 0 Å². The Labute approximate surface area is 124 Å². The van der Waals surface area contributed by atoms with Gasteiger partial charge in [-0.3, -0.25) is 0 Å². The molecule has 0 fully saturated rings. The first kappa shape index (κ1) is 14.1. The summed E-state index contributed by atoms with van der Waals surface area (Å²) < 4.78 is 1.05. The Hall–Kier alpha value is -1.31. The van der Waals surface area contributed by atoms with Gasteiger partial charge in [-0.25, -0.2) is 9.97 Å². The van der Waals surface area contributed by atoms with Gasteiger partial charge in [0.25, 0.3) is 0 Å². The minimum atomic E-state index is 0.376. The second-order valence-corrected chi connectivity index (χ2v) is 5.78. The van der Waals surface area contributed by atoms with Gasteiger partial charge in [-0.15, -0.1) is 0 Å². The van der Waals surface area contributed by atoms with Gasteiger partial charge in [-0.2, -0.15) is 0 Å². The summed E-state index contributed by atoms with van der Waals surface area (Å²) in [5, 5.41) is 3.66. The van der Waals surface area contributed by atoms with Crippen molar-refractivity contribution in [2.75, 3.05) is 18.5 Å². The molecule has 5 nitrogen and oxygen atoms in total. The monoisotopic (exact) mass is 339 g/mol. The quantitative estimate of drug-likeness (QED) is 0.740. The van der Waals surface area contributed by atoms with Gasteiger partial charge in [-0.05, 0) is 36.5 Å². The van der Waals surface area contributed by atoms with Crippen molar-refractivity contribution < 1.29 is 0 Å².